The lowest BCUT2D eigenvalue weighted by Crippen LogP contribution is -2.32. The monoisotopic (exact) mass is 421 g/mol. The molecule has 0 amide bonds. The van der Waals surface area contributed by atoms with E-state index in [0.29, 0.717) is 29.4 Å². The first-order valence-corrected chi connectivity index (χ1v) is 10.1. The van der Waals surface area contributed by atoms with Crippen molar-refractivity contribution >= 4 is 11.7 Å². The van der Waals surface area contributed by atoms with Gasteiger partial charge in [-0.3, -0.25) is 15.0 Å². The fourth-order valence-corrected chi connectivity index (χ4v) is 3.50. The highest BCUT2D eigenvalue weighted by atomic mass is 19.4. The number of hydrogen-bond donors (Lipinski definition) is 2. The maximum atomic E-state index is 12.9. The van der Waals surface area contributed by atoms with E-state index >= 15 is 0 Å². The number of hydrogen-bond acceptors (Lipinski definition) is 4. The van der Waals surface area contributed by atoms with E-state index in [2.05, 4.69) is 21.9 Å². The van der Waals surface area contributed by atoms with E-state index in [1.165, 1.54) is 6.07 Å². The number of nitrogens with one attached hydrogen (secondary N) is 1. The highest BCUT2D eigenvalue weighted by Gasteiger charge is 2.31. The number of halogens is 3. The van der Waals surface area contributed by atoms with E-state index in [9.17, 15) is 13.2 Å². The molecule has 0 saturated heterocycles. The molecule has 1 aliphatic carbocycles. The molecule has 30 heavy (non-hydrogen) atoms. The summed E-state index contributed by atoms with van der Waals surface area (Å²) < 4.78 is 38.6. The third-order valence-electron chi connectivity index (χ3n) is 5.33. The minimum Gasteiger partial charge on any atom is -0.401 e. The number of allylic oxidation sites excluding steroid dienone is 1. The Balaban J connectivity index is 2.47. The molecular formula is C22H30F3N5. The number of nitrogens with two attached hydrogens (primary N) is 1. The molecule has 5 nitrogen and oxygen atoms in total. The van der Waals surface area contributed by atoms with E-state index < -0.39 is 17.8 Å². The molecule has 2 rings (SSSR count). The van der Waals surface area contributed by atoms with Gasteiger partial charge in [-0.25, -0.2) is 0 Å². The second kappa shape index (κ2) is 10.4. The van der Waals surface area contributed by atoms with E-state index in [1.54, 1.807) is 20.0 Å². The van der Waals surface area contributed by atoms with Gasteiger partial charge in [-0.1, -0.05) is 32.4 Å². The van der Waals surface area contributed by atoms with E-state index in [1.807, 2.05) is 6.92 Å². The van der Waals surface area contributed by atoms with Gasteiger partial charge in [0.15, 0.2) is 0 Å². The molecule has 0 spiro atoms. The molecule has 1 unspecified atom stereocenters. The summed E-state index contributed by atoms with van der Waals surface area (Å²) in [5, 5.41) is 3.18. The van der Waals surface area contributed by atoms with Crippen LogP contribution in [0.2, 0.25) is 0 Å². The molecule has 1 aromatic heterocycles. The van der Waals surface area contributed by atoms with Gasteiger partial charge in [0.25, 0.3) is 0 Å². The molecule has 8 heteroatoms. The third-order valence-corrected chi connectivity index (χ3v) is 5.33. The molecule has 1 saturated carbocycles. The Hall–Kier alpha value is -2.64. The van der Waals surface area contributed by atoms with Gasteiger partial charge >= 0.3 is 6.18 Å². The fourth-order valence-electron chi connectivity index (χ4n) is 3.50. The lowest BCUT2D eigenvalue weighted by Gasteiger charge is -2.20. The zero-order valence-electron chi connectivity index (χ0n) is 17.8. The van der Waals surface area contributed by atoms with E-state index in [-0.39, 0.29) is 5.92 Å². The Morgan fingerprint density at radius 3 is 2.50 bits per heavy atom. The maximum Gasteiger partial charge on any atom is 0.417 e. The number of pyridine rings is 1. The van der Waals surface area contributed by atoms with Gasteiger partial charge in [0.05, 0.1) is 23.1 Å². The Morgan fingerprint density at radius 2 is 2.03 bits per heavy atom. The number of alkyl halides is 3. The largest absolute Gasteiger partial charge is 0.417 e. The minimum absolute atomic E-state index is 0.271. The zero-order valence-corrected chi connectivity index (χ0v) is 17.8. The van der Waals surface area contributed by atoms with Crippen molar-refractivity contribution in [2.24, 2.45) is 21.6 Å². The van der Waals surface area contributed by atoms with Crippen LogP contribution in [-0.4, -0.2) is 23.7 Å². The summed E-state index contributed by atoms with van der Waals surface area (Å²) in [4.78, 5) is 12.9. The summed E-state index contributed by atoms with van der Waals surface area (Å²) in [6, 6.07) is 1.96. The number of rotatable bonds is 6. The van der Waals surface area contributed by atoms with Crippen LogP contribution in [0.3, 0.4) is 0 Å². The van der Waals surface area contributed by atoms with Crippen LogP contribution in [0.1, 0.15) is 63.3 Å². The molecule has 3 N–H and O–H groups in total. The molecule has 0 bridgehead atoms. The Labute approximate surface area is 176 Å². The van der Waals surface area contributed by atoms with Gasteiger partial charge < -0.3 is 11.1 Å². The highest BCUT2D eigenvalue weighted by molar-refractivity contribution is 6.10. The van der Waals surface area contributed by atoms with Crippen molar-refractivity contribution in [3.63, 3.8) is 0 Å². The van der Waals surface area contributed by atoms with Crippen LogP contribution in [0.4, 0.5) is 13.2 Å². The van der Waals surface area contributed by atoms with Crippen LogP contribution in [0.25, 0.3) is 0 Å². The van der Waals surface area contributed by atoms with Crippen molar-refractivity contribution in [2.75, 3.05) is 7.05 Å². The van der Waals surface area contributed by atoms with Crippen LogP contribution in [0, 0.1) is 5.92 Å². The number of amidine groups is 2. The Kier molecular flexibility index (Phi) is 8.20. The minimum atomic E-state index is -4.42. The van der Waals surface area contributed by atoms with Gasteiger partial charge in [0, 0.05) is 24.5 Å². The summed E-state index contributed by atoms with van der Waals surface area (Å²) >= 11 is 0. The van der Waals surface area contributed by atoms with Gasteiger partial charge in [0.2, 0.25) is 0 Å². The molecule has 0 aromatic carbocycles. The summed E-state index contributed by atoms with van der Waals surface area (Å²) in [5.74, 6) is 1.42. The van der Waals surface area contributed by atoms with Crippen molar-refractivity contribution in [2.45, 2.75) is 58.2 Å². The molecule has 1 aliphatic rings. The van der Waals surface area contributed by atoms with Crippen LogP contribution < -0.4 is 11.1 Å². The topological polar surface area (TPSA) is 75.7 Å². The SMILES string of the molecule is C=CC(C(=NC(CC)c1ccc(C(F)(F)F)cn1)NC(C)=NC)=C(N)C1CCCC1. The predicted octanol–water partition coefficient (Wildman–Crippen LogP) is 5.18. The predicted molar refractivity (Wildman–Crippen MR) is 115 cm³/mol. The lowest BCUT2D eigenvalue weighted by molar-refractivity contribution is -0.137. The van der Waals surface area contributed by atoms with Crippen molar-refractivity contribution in [1.82, 2.24) is 10.3 Å². The molecule has 0 radical (unpaired) electrons. The van der Waals surface area contributed by atoms with Crippen LogP contribution >= 0.6 is 0 Å². The summed E-state index contributed by atoms with van der Waals surface area (Å²) in [7, 11) is 1.66. The first kappa shape index (κ1) is 23.6. The van der Waals surface area contributed by atoms with Crippen LogP contribution in [-0.2, 0) is 6.18 Å². The first-order valence-electron chi connectivity index (χ1n) is 10.1. The Morgan fingerprint density at radius 1 is 1.37 bits per heavy atom. The second-order valence-corrected chi connectivity index (χ2v) is 7.36. The zero-order chi connectivity index (χ0) is 22.3. The molecule has 1 atom stereocenters. The summed E-state index contributed by atoms with van der Waals surface area (Å²) in [5.41, 5.74) is 7.59. The second-order valence-electron chi connectivity index (χ2n) is 7.36. The van der Waals surface area contributed by atoms with Gasteiger partial charge in [-0.15, -0.1) is 0 Å². The van der Waals surface area contributed by atoms with Crippen LogP contribution in [0.15, 0.2) is 52.2 Å². The normalized spacial score (nSPS) is 18.2. The fraction of sp³-hybridized carbons (Fsp3) is 0.500. The third kappa shape index (κ3) is 5.93. The Bertz CT molecular complexity index is 816. The van der Waals surface area contributed by atoms with Crippen molar-refractivity contribution in [3.05, 3.63) is 53.5 Å². The molecule has 1 aromatic rings. The molecule has 1 heterocycles. The maximum absolute atomic E-state index is 12.9. The van der Waals surface area contributed by atoms with Crippen molar-refractivity contribution < 1.29 is 13.2 Å². The van der Waals surface area contributed by atoms with Gasteiger partial charge in [-0.05, 0) is 44.2 Å². The standard InChI is InChI=1S/C22H30F3N5/c1-5-17(20(26)15-9-7-8-10-15)21(29-14(3)27-4)30-18(6-2)19-12-11-16(13-28-19)22(23,24)25/h5,11-13,15,18H,1,6-10,26H2,2-4H3,(H,27,29,30). The average Bonchev–Trinajstić information content (AvgIpc) is 3.26. The van der Waals surface area contributed by atoms with E-state index in [4.69, 9.17) is 10.7 Å². The summed E-state index contributed by atoms with van der Waals surface area (Å²) in [6.07, 6.45) is 2.97. The quantitative estimate of drug-likeness (QED) is 0.378. The molecule has 0 aliphatic heterocycles. The molecule has 1 fully saturated rings. The first-order chi connectivity index (χ1) is 14.2. The van der Waals surface area contributed by atoms with Crippen molar-refractivity contribution in [3.8, 4) is 0 Å². The lowest BCUT2D eigenvalue weighted by atomic mass is 9.98. The smallest absolute Gasteiger partial charge is 0.401 e. The van der Waals surface area contributed by atoms with E-state index in [0.717, 1.165) is 43.6 Å². The average molecular weight is 422 g/mol. The highest BCUT2D eigenvalue weighted by Crippen LogP contribution is 2.32. The number of aromatic nitrogens is 1. The van der Waals surface area contributed by atoms with Crippen LogP contribution in [0.5, 0.6) is 0 Å². The van der Waals surface area contributed by atoms with Gasteiger partial charge in [0.1, 0.15) is 5.84 Å². The van der Waals surface area contributed by atoms with Gasteiger partial charge in [-0.2, -0.15) is 13.2 Å². The number of nitrogens with zero attached hydrogens (tertiary/aromatic N) is 3. The molecule has 164 valence electrons. The molecular weight excluding hydrogens is 391 g/mol. The number of aliphatic imine (C=N–C) groups is 2. The van der Waals surface area contributed by atoms with Crippen molar-refractivity contribution in [1.29, 1.82) is 0 Å². The summed E-state index contributed by atoms with van der Waals surface area (Å²) in [6.45, 7) is 7.62.